The number of nitrogens with zero attached hydrogens (tertiary/aromatic N) is 1. The minimum absolute atomic E-state index is 0.0357. The van der Waals surface area contributed by atoms with Crippen molar-refractivity contribution >= 4 is 33.1 Å². The number of rotatable bonds is 4. The molecule has 0 radical (unpaired) electrons. The van der Waals surface area contributed by atoms with Gasteiger partial charge in [-0.15, -0.1) is 0 Å². The van der Waals surface area contributed by atoms with E-state index in [-0.39, 0.29) is 6.10 Å². The number of benzene rings is 1. The number of hydrogen-bond acceptors (Lipinski definition) is 4. The lowest BCUT2D eigenvalue weighted by Crippen LogP contribution is -2.09. The lowest BCUT2D eigenvalue weighted by atomic mass is 10.3. The van der Waals surface area contributed by atoms with Gasteiger partial charge in [-0.3, -0.25) is 0 Å². The summed E-state index contributed by atoms with van der Waals surface area (Å²) in [6.45, 7) is 3.88. The number of halogens is 1. The fraction of sp³-hybridized carbons (Fsp3) is 0.214. The third-order valence-electron chi connectivity index (χ3n) is 2.37. The third kappa shape index (κ3) is 3.61. The van der Waals surface area contributed by atoms with Gasteiger partial charge in [-0.25, -0.2) is 0 Å². The van der Waals surface area contributed by atoms with Gasteiger partial charge < -0.3 is 15.8 Å². The Kier molecular flexibility index (Phi) is 4.27. The van der Waals surface area contributed by atoms with Crippen molar-refractivity contribution in [2.75, 3.05) is 11.1 Å². The van der Waals surface area contributed by atoms with E-state index in [1.165, 1.54) is 0 Å². The maximum atomic E-state index is 5.84. The molecule has 4 nitrogen and oxygen atoms in total. The molecule has 0 bridgehead atoms. The van der Waals surface area contributed by atoms with Gasteiger partial charge in [0, 0.05) is 4.47 Å². The van der Waals surface area contributed by atoms with Crippen molar-refractivity contribution in [1.29, 1.82) is 0 Å². The van der Waals surface area contributed by atoms with Crippen molar-refractivity contribution in [3.05, 3.63) is 40.9 Å². The van der Waals surface area contributed by atoms with Gasteiger partial charge in [-0.1, -0.05) is 12.1 Å². The molecule has 0 atom stereocenters. The van der Waals surface area contributed by atoms with Crippen LogP contribution in [0.2, 0.25) is 0 Å². The Bertz CT molecular complexity index is 572. The monoisotopic (exact) mass is 321 g/mol. The first-order chi connectivity index (χ1) is 9.06. The summed E-state index contributed by atoms with van der Waals surface area (Å²) in [6.07, 6.45) is 0.0357. The molecular formula is C14H16BrN3O. The Labute approximate surface area is 121 Å². The summed E-state index contributed by atoms with van der Waals surface area (Å²) in [7, 11) is 0. The van der Waals surface area contributed by atoms with Crippen LogP contribution in [-0.2, 0) is 0 Å². The number of ether oxygens (including phenoxy) is 1. The molecule has 0 spiro atoms. The standard InChI is InChI=1S/C14H16BrN3O/c1-9(2)19-14-11(16)7-8-13(18-14)17-12-6-4-3-5-10(12)15/h3-9H,16H2,1-2H3,(H,17,18). The molecule has 0 saturated heterocycles. The molecule has 0 aliphatic heterocycles. The topological polar surface area (TPSA) is 60.2 Å². The lowest BCUT2D eigenvalue weighted by molar-refractivity contribution is 0.234. The van der Waals surface area contributed by atoms with Crippen LogP contribution in [0.15, 0.2) is 40.9 Å². The Morgan fingerprint density at radius 1 is 1.21 bits per heavy atom. The molecule has 0 fully saturated rings. The second kappa shape index (κ2) is 5.93. The highest BCUT2D eigenvalue weighted by atomic mass is 79.9. The zero-order chi connectivity index (χ0) is 13.8. The highest BCUT2D eigenvalue weighted by molar-refractivity contribution is 9.10. The van der Waals surface area contributed by atoms with Gasteiger partial charge in [-0.05, 0) is 54.0 Å². The van der Waals surface area contributed by atoms with E-state index in [1.807, 2.05) is 44.2 Å². The van der Waals surface area contributed by atoms with Crippen LogP contribution in [-0.4, -0.2) is 11.1 Å². The highest BCUT2D eigenvalue weighted by Gasteiger charge is 2.07. The Morgan fingerprint density at radius 2 is 1.95 bits per heavy atom. The lowest BCUT2D eigenvalue weighted by Gasteiger charge is -2.13. The summed E-state index contributed by atoms with van der Waals surface area (Å²) in [6, 6.07) is 11.4. The molecule has 5 heteroatoms. The first-order valence-electron chi connectivity index (χ1n) is 6.01. The van der Waals surface area contributed by atoms with Crippen LogP contribution in [0.5, 0.6) is 5.88 Å². The van der Waals surface area contributed by atoms with Crippen LogP contribution < -0.4 is 15.8 Å². The van der Waals surface area contributed by atoms with Gasteiger partial charge in [0.15, 0.2) is 0 Å². The zero-order valence-corrected chi connectivity index (χ0v) is 12.4. The second-order valence-corrected chi connectivity index (χ2v) is 5.22. The number of hydrogen-bond donors (Lipinski definition) is 2. The Hall–Kier alpha value is -1.75. The predicted molar refractivity (Wildman–Crippen MR) is 81.8 cm³/mol. The number of nitrogens with two attached hydrogens (primary N) is 1. The number of nitrogens with one attached hydrogen (secondary N) is 1. The van der Waals surface area contributed by atoms with E-state index >= 15 is 0 Å². The molecule has 0 unspecified atom stereocenters. The Morgan fingerprint density at radius 3 is 2.63 bits per heavy atom. The maximum Gasteiger partial charge on any atom is 0.239 e. The molecule has 2 rings (SSSR count). The molecule has 0 saturated carbocycles. The van der Waals surface area contributed by atoms with E-state index in [1.54, 1.807) is 6.07 Å². The summed E-state index contributed by atoms with van der Waals surface area (Å²) in [5.74, 6) is 1.14. The summed E-state index contributed by atoms with van der Waals surface area (Å²) in [4.78, 5) is 4.37. The number of anilines is 3. The van der Waals surface area contributed by atoms with E-state index in [9.17, 15) is 0 Å². The fourth-order valence-electron chi connectivity index (χ4n) is 1.54. The summed E-state index contributed by atoms with van der Waals surface area (Å²) < 4.78 is 6.54. The van der Waals surface area contributed by atoms with E-state index in [2.05, 4.69) is 26.2 Å². The van der Waals surface area contributed by atoms with Crippen LogP contribution in [0.25, 0.3) is 0 Å². The third-order valence-corrected chi connectivity index (χ3v) is 3.07. The first-order valence-corrected chi connectivity index (χ1v) is 6.80. The van der Waals surface area contributed by atoms with E-state index in [0.29, 0.717) is 17.4 Å². The van der Waals surface area contributed by atoms with E-state index in [0.717, 1.165) is 10.2 Å². The van der Waals surface area contributed by atoms with Crippen LogP contribution in [0.1, 0.15) is 13.8 Å². The SMILES string of the molecule is CC(C)Oc1nc(Nc2ccccc2Br)ccc1N. The molecule has 2 aromatic rings. The normalized spacial score (nSPS) is 10.5. The van der Waals surface area contributed by atoms with Crippen molar-refractivity contribution in [3.63, 3.8) is 0 Å². The predicted octanol–water partition coefficient (Wildman–Crippen LogP) is 3.96. The molecule has 1 aromatic heterocycles. The molecule has 19 heavy (non-hydrogen) atoms. The average Bonchev–Trinajstić information content (AvgIpc) is 2.35. The van der Waals surface area contributed by atoms with Crippen LogP contribution in [0.4, 0.5) is 17.2 Å². The molecule has 1 aromatic carbocycles. The smallest absolute Gasteiger partial charge is 0.239 e. The molecule has 0 aliphatic rings. The summed E-state index contributed by atoms with van der Waals surface area (Å²) in [5, 5.41) is 3.22. The Balaban J connectivity index is 2.24. The van der Waals surface area contributed by atoms with E-state index < -0.39 is 0 Å². The molecular weight excluding hydrogens is 306 g/mol. The molecule has 0 aliphatic carbocycles. The van der Waals surface area contributed by atoms with Crippen LogP contribution in [0.3, 0.4) is 0 Å². The molecule has 0 amide bonds. The van der Waals surface area contributed by atoms with Crippen molar-refractivity contribution in [1.82, 2.24) is 4.98 Å². The minimum Gasteiger partial charge on any atom is -0.473 e. The number of para-hydroxylation sites is 1. The van der Waals surface area contributed by atoms with Gasteiger partial charge in [0.2, 0.25) is 5.88 Å². The fourth-order valence-corrected chi connectivity index (χ4v) is 1.92. The van der Waals surface area contributed by atoms with Crippen molar-refractivity contribution < 1.29 is 4.74 Å². The number of nitrogen functional groups attached to an aromatic ring is 1. The highest BCUT2D eigenvalue weighted by Crippen LogP contribution is 2.27. The summed E-state index contributed by atoms with van der Waals surface area (Å²) >= 11 is 3.48. The van der Waals surface area contributed by atoms with Gasteiger partial charge >= 0.3 is 0 Å². The largest absolute Gasteiger partial charge is 0.473 e. The number of aromatic nitrogens is 1. The van der Waals surface area contributed by atoms with Gasteiger partial charge in [0.1, 0.15) is 5.82 Å². The van der Waals surface area contributed by atoms with Gasteiger partial charge in [0.25, 0.3) is 0 Å². The first kappa shape index (κ1) is 13.7. The molecule has 100 valence electrons. The molecule has 1 heterocycles. The van der Waals surface area contributed by atoms with Crippen molar-refractivity contribution in [2.24, 2.45) is 0 Å². The minimum atomic E-state index is 0.0357. The van der Waals surface area contributed by atoms with Crippen LogP contribution >= 0.6 is 15.9 Å². The van der Waals surface area contributed by atoms with Crippen molar-refractivity contribution in [3.8, 4) is 5.88 Å². The summed E-state index contributed by atoms with van der Waals surface area (Å²) in [5.41, 5.74) is 7.31. The zero-order valence-electron chi connectivity index (χ0n) is 10.9. The maximum absolute atomic E-state index is 5.84. The quantitative estimate of drug-likeness (QED) is 0.894. The average molecular weight is 322 g/mol. The van der Waals surface area contributed by atoms with Gasteiger partial charge in [0.05, 0.1) is 17.5 Å². The number of pyridine rings is 1. The second-order valence-electron chi connectivity index (χ2n) is 4.36. The van der Waals surface area contributed by atoms with E-state index in [4.69, 9.17) is 10.5 Å². The van der Waals surface area contributed by atoms with Gasteiger partial charge in [-0.2, -0.15) is 4.98 Å². The van der Waals surface area contributed by atoms with Crippen molar-refractivity contribution in [2.45, 2.75) is 20.0 Å². The van der Waals surface area contributed by atoms with Crippen LogP contribution in [0, 0.1) is 0 Å². The molecule has 3 N–H and O–H groups in total.